The van der Waals surface area contributed by atoms with Crippen LogP contribution in [0.2, 0.25) is 0 Å². The molecule has 0 aromatic rings. The molecule has 2 N–H and O–H groups in total. The molecular formula is CH5Cl2NO4S. The smallest absolute Gasteiger partial charge is 0.334 e. The Bertz CT molecular complexity index is 136. The van der Waals surface area contributed by atoms with Crippen molar-refractivity contribution >= 4 is 41.9 Å². The lowest BCUT2D eigenvalue weighted by Gasteiger charge is -1.81. The third-order valence-corrected chi connectivity index (χ3v) is 0.494. The summed E-state index contributed by atoms with van der Waals surface area (Å²) in [4.78, 5) is 9.43. The molecule has 0 radical (unpaired) electrons. The molecule has 0 aliphatic carbocycles. The van der Waals surface area contributed by atoms with Gasteiger partial charge in [-0.1, -0.05) is 0 Å². The zero-order valence-corrected chi connectivity index (χ0v) is 6.50. The maximum atomic E-state index is 9.43. The summed E-state index contributed by atoms with van der Waals surface area (Å²) in [5.74, 6) is 0. The van der Waals surface area contributed by atoms with E-state index >= 15 is 0 Å². The van der Waals surface area contributed by atoms with Crippen molar-refractivity contribution in [2.45, 2.75) is 0 Å². The minimum atomic E-state index is -3.11. The Kier molecular flexibility index (Phi) is 13.8. The van der Waals surface area contributed by atoms with Crippen molar-refractivity contribution in [1.82, 2.24) is 0 Å². The standard InChI is InChI=1S/CH3NO4S.2ClH/c2-1(3)6-7(4)5;;/h7H,(H2,2,3);2*1H. The van der Waals surface area contributed by atoms with Crippen molar-refractivity contribution in [1.29, 1.82) is 0 Å². The molecule has 0 heterocycles. The van der Waals surface area contributed by atoms with E-state index < -0.39 is 17.1 Å². The van der Waals surface area contributed by atoms with Crippen molar-refractivity contribution in [2.75, 3.05) is 0 Å². The van der Waals surface area contributed by atoms with Gasteiger partial charge in [0.25, 0.3) is 0 Å². The summed E-state index contributed by atoms with van der Waals surface area (Å²) in [5, 5.41) is 0. The van der Waals surface area contributed by atoms with Gasteiger partial charge in [0.15, 0.2) is 0 Å². The number of nitrogens with two attached hydrogens (primary N) is 1. The van der Waals surface area contributed by atoms with E-state index in [9.17, 15) is 13.2 Å². The maximum absolute atomic E-state index is 9.43. The van der Waals surface area contributed by atoms with Crippen LogP contribution in [0, 0.1) is 0 Å². The second-order valence-corrected chi connectivity index (χ2v) is 1.26. The summed E-state index contributed by atoms with van der Waals surface area (Å²) in [6, 6.07) is 0. The fraction of sp³-hybridized carbons (Fsp3) is 0. The molecule has 0 saturated carbocycles. The summed E-state index contributed by atoms with van der Waals surface area (Å²) >= 11 is 0. The molecule has 0 aromatic carbocycles. The molecule has 0 aromatic heterocycles. The maximum Gasteiger partial charge on any atom is 0.420 e. The van der Waals surface area contributed by atoms with E-state index in [4.69, 9.17) is 0 Å². The lowest BCUT2D eigenvalue weighted by atomic mass is 11.3. The highest BCUT2D eigenvalue weighted by Gasteiger charge is 1.88. The predicted molar refractivity (Wildman–Crippen MR) is 35.5 cm³/mol. The minimum Gasteiger partial charge on any atom is -0.334 e. The van der Waals surface area contributed by atoms with E-state index in [-0.39, 0.29) is 24.8 Å². The monoisotopic (exact) mass is 197 g/mol. The van der Waals surface area contributed by atoms with Gasteiger partial charge in [0.2, 0.25) is 0 Å². The zero-order valence-electron chi connectivity index (χ0n) is 3.97. The summed E-state index contributed by atoms with van der Waals surface area (Å²) in [6.45, 7) is 0. The fourth-order valence-corrected chi connectivity index (χ4v) is 0.220. The first-order chi connectivity index (χ1) is 3.13. The highest BCUT2D eigenvalue weighted by molar-refractivity contribution is 7.67. The Balaban J connectivity index is -0.000000180. The van der Waals surface area contributed by atoms with Gasteiger partial charge in [0.05, 0.1) is 0 Å². The van der Waals surface area contributed by atoms with Crippen molar-refractivity contribution in [2.24, 2.45) is 5.73 Å². The Morgan fingerprint density at radius 3 is 1.67 bits per heavy atom. The molecule has 0 fully saturated rings. The van der Waals surface area contributed by atoms with Crippen LogP contribution in [0.5, 0.6) is 0 Å². The van der Waals surface area contributed by atoms with Gasteiger partial charge in [-0.2, -0.15) is 8.42 Å². The lowest BCUT2D eigenvalue weighted by Crippen LogP contribution is -2.11. The topological polar surface area (TPSA) is 86.5 Å². The van der Waals surface area contributed by atoms with Gasteiger partial charge < -0.3 is 9.92 Å². The molecule has 0 bridgehead atoms. The van der Waals surface area contributed by atoms with Gasteiger partial charge in [-0.3, -0.25) is 0 Å². The Hall–Kier alpha value is -0.200. The average molecular weight is 198 g/mol. The molecule has 0 spiro atoms. The van der Waals surface area contributed by atoms with Crippen LogP contribution in [-0.2, 0) is 15.2 Å². The number of thiol groups is 1. The number of rotatable bonds is 1. The van der Waals surface area contributed by atoms with Crippen molar-refractivity contribution in [3.63, 3.8) is 0 Å². The van der Waals surface area contributed by atoms with Gasteiger partial charge in [0.1, 0.15) is 0 Å². The van der Waals surface area contributed by atoms with Crippen LogP contribution in [-0.4, -0.2) is 14.5 Å². The molecule has 1 amide bonds. The second-order valence-electron chi connectivity index (χ2n) is 0.634. The molecule has 9 heavy (non-hydrogen) atoms. The van der Waals surface area contributed by atoms with Crippen molar-refractivity contribution < 1.29 is 17.4 Å². The van der Waals surface area contributed by atoms with Crippen LogP contribution in [0.3, 0.4) is 0 Å². The molecular weight excluding hydrogens is 193 g/mol. The molecule has 0 rings (SSSR count). The van der Waals surface area contributed by atoms with E-state index in [0.717, 1.165) is 0 Å². The number of carbonyl (C=O) groups is 1. The van der Waals surface area contributed by atoms with E-state index in [1.807, 2.05) is 0 Å². The number of amides is 1. The normalized spacial score (nSPS) is 6.78. The van der Waals surface area contributed by atoms with Crippen LogP contribution in [0.4, 0.5) is 4.79 Å². The summed E-state index contributed by atoms with van der Waals surface area (Å²) in [7, 11) is -3.11. The van der Waals surface area contributed by atoms with Gasteiger partial charge in [-0.25, -0.2) is 4.79 Å². The van der Waals surface area contributed by atoms with Crippen LogP contribution in [0.1, 0.15) is 0 Å². The highest BCUT2D eigenvalue weighted by atomic mass is 35.5. The third kappa shape index (κ3) is 18.2. The Labute approximate surface area is 65.5 Å². The number of carbonyl (C=O) groups excluding carboxylic acids is 1. The van der Waals surface area contributed by atoms with Gasteiger partial charge in [-0.15, -0.1) is 24.8 Å². The largest absolute Gasteiger partial charge is 0.420 e. The summed E-state index contributed by atoms with van der Waals surface area (Å²) < 4.78 is 22.0. The first-order valence-electron chi connectivity index (χ1n) is 1.24. The average Bonchev–Trinajstić information content (AvgIpc) is 1.27. The molecule has 0 unspecified atom stereocenters. The van der Waals surface area contributed by atoms with Crippen LogP contribution >= 0.6 is 24.8 Å². The Morgan fingerprint density at radius 2 is 1.67 bits per heavy atom. The minimum absolute atomic E-state index is 0. The van der Waals surface area contributed by atoms with Crippen LogP contribution < -0.4 is 5.73 Å². The van der Waals surface area contributed by atoms with Gasteiger partial charge >= 0.3 is 17.1 Å². The summed E-state index contributed by atoms with van der Waals surface area (Å²) in [5.41, 5.74) is 4.25. The third-order valence-electron chi connectivity index (χ3n) is 0.165. The van der Waals surface area contributed by atoms with Crippen LogP contribution in [0.25, 0.3) is 0 Å². The number of halogens is 2. The van der Waals surface area contributed by atoms with E-state index in [0.29, 0.717) is 0 Å². The quantitative estimate of drug-likeness (QED) is 0.553. The first-order valence-corrected chi connectivity index (χ1v) is 2.34. The van der Waals surface area contributed by atoms with Gasteiger partial charge in [-0.05, 0) is 0 Å². The molecule has 0 aliphatic rings. The van der Waals surface area contributed by atoms with E-state index in [2.05, 4.69) is 9.92 Å². The zero-order chi connectivity index (χ0) is 5.86. The highest BCUT2D eigenvalue weighted by Crippen LogP contribution is 1.67. The molecule has 0 saturated heterocycles. The number of hydrogen-bond donors (Lipinski definition) is 2. The summed E-state index contributed by atoms with van der Waals surface area (Å²) in [6.07, 6.45) is -1.31. The number of hydrogen-bond acceptors (Lipinski definition) is 4. The van der Waals surface area contributed by atoms with E-state index in [1.54, 1.807) is 0 Å². The lowest BCUT2D eigenvalue weighted by molar-refractivity contribution is 0.214. The SMILES string of the molecule is Cl.Cl.NC(=O)O[SH](=O)=O. The molecule has 58 valence electrons. The number of primary amides is 1. The predicted octanol–water partition coefficient (Wildman–Crippen LogP) is -0.548. The van der Waals surface area contributed by atoms with Crippen molar-refractivity contribution in [3.8, 4) is 0 Å². The second kappa shape index (κ2) is 7.80. The van der Waals surface area contributed by atoms with Crippen molar-refractivity contribution in [3.05, 3.63) is 0 Å². The Morgan fingerprint density at radius 1 is 1.33 bits per heavy atom. The fourth-order valence-electron chi connectivity index (χ4n) is 0.0735. The molecule has 0 atom stereocenters. The van der Waals surface area contributed by atoms with E-state index in [1.165, 1.54) is 0 Å². The van der Waals surface area contributed by atoms with Crippen LogP contribution in [0.15, 0.2) is 0 Å². The molecule has 8 heteroatoms. The van der Waals surface area contributed by atoms with Gasteiger partial charge in [0, 0.05) is 0 Å². The first kappa shape index (κ1) is 15.9. The molecule has 0 aliphatic heterocycles. The molecule has 5 nitrogen and oxygen atoms in total.